The van der Waals surface area contributed by atoms with E-state index in [1.54, 1.807) is 24.0 Å². The van der Waals surface area contributed by atoms with Crippen LogP contribution in [0.3, 0.4) is 0 Å². The Morgan fingerprint density at radius 3 is 2.85 bits per heavy atom. The Balaban J connectivity index is 2.18. The molecule has 0 aliphatic carbocycles. The Kier molecular flexibility index (Phi) is 4.47. The number of aromatic nitrogens is 3. The molecule has 2 heterocycles. The van der Waals surface area contributed by atoms with E-state index < -0.39 is 0 Å². The average molecular weight is 274 g/mol. The van der Waals surface area contributed by atoms with Crippen molar-refractivity contribution in [2.24, 2.45) is 0 Å². The maximum absolute atomic E-state index is 11.6. The lowest BCUT2D eigenvalue weighted by Gasteiger charge is -2.10. The lowest BCUT2D eigenvalue weighted by Crippen LogP contribution is -2.12. The lowest BCUT2D eigenvalue weighted by atomic mass is 10.1. The van der Waals surface area contributed by atoms with Crippen molar-refractivity contribution in [3.63, 3.8) is 0 Å². The topological polar surface area (TPSA) is 69.0 Å². The number of ether oxygens (including phenoxy) is 1. The van der Waals surface area contributed by atoms with E-state index in [2.05, 4.69) is 22.3 Å². The highest BCUT2D eigenvalue weighted by Crippen LogP contribution is 2.13. The van der Waals surface area contributed by atoms with E-state index in [0.717, 1.165) is 5.56 Å². The number of carbonyl (C=O) groups is 1. The second-order valence-corrected chi connectivity index (χ2v) is 4.35. The number of esters is 1. The van der Waals surface area contributed by atoms with Crippen LogP contribution in [0.25, 0.3) is 5.82 Å². The Labute approximate surface area is 117 Å². The Hall–Kier alpha value is -2.21. The van der Waals surface area contributed by atoms with Crippen molar-refractivity contribution < 1.29 is 9.53 Å². The Bertz CT molecular complexity index is 577. The van der Waals surface area contributed by atoms with Crippen LogP contribution in [-0.2, 0) is 4.74 Å². The number of nitrogens with one attached hydrogen (secondary N) is 1. The van der Waals surface area contributed by atoms with Crippen LogP contribution in [0.4, 0.5) is 0 Å². The molecule has 0 saturated carbocycles. The van der Waals surface area contributed by atoms with Crippen LogP contribution in [-0.4, -0.2) is 34.4 Å². The van der Waals surface area contributed by atoms with E-state index in [0.29, 0.717) is 18.0 Å². The van der Waals surface area contributed by atoms with Crippen LogP contribution in [0.1, 0.15) is 35.8 Å². The summed E-state index contributed by atoms with van der Waals surface area (Å²) in [5.74, 6) is 0.284. The fraction of sp³-hybridized carbons (Fsp3) is 0.357. The molecule has 0 spiro atoms. The van der Waals surface area contributed by atoms with Gasteiger partial charge in [0.15, 0.2) is 5.82 Å². The van der Waals surface area contributed by atoms with Crippen molar-refractivity contribution >= 4 is 5.97 Å². The third kappa shape index (κ3) is 3.03. The molecule has 0 fully saturated rings. The van der Waals surface area contributed by atoms with E-state index in [1.165, 1.54) is 6.20 Å². The van der Waals surface area contributed by atoms with Crippen LogP contribution in [0, 0.1) is 0 Å². The lowest BCUT2D eigenvalue weighted by molar-refractivity contribution is 0.0526. The van der Waals surface area contributed by atoms with E-state index >= 15 is 0 Å². The first-order valence-corrected chi connectivity index (χ1v) is 6.51. The van der Waals surface area contributed by atoms with Gasteiger partial charge in [-0.2, -0.15) is 5.10 Å². The predicted molar refractivity (Wildman–Crippen MR) is 74.8 cm³/mol. The SMILES string of the molecule is CCOC(=O)c1cnn(-c2ccc(C(C)NC)cn2)c1. The summed E-state index contributed by atoms with van der Waals surface area (Å²) in [6.07, 6.45) is 4.88. The summed E-state index contributed by atoms with van der Waals surface area (Å²) in [5, 5.41) is 7.27. The summed E-state index contributed by atoms with van der Waals surface area (Å²) in [6.45, 7) is 4.17. The molecule has 2 rings (SSSR count). The standard InChI is InChI=1S/C14H18N4O2/c1-4-20-14(19)12-8-17-18(9-12)13-6-5-11(7-16-13)10(2)15-3/h5-10,15H,4H2,1-3H3. The summed E-state index contributed by atoms with van der Waals surface area (Å²) in [6, 6.07) is 4.09. The third-order valence-corrected chi connectivity index (χ3v) is 3.03. The van der Waals surface area contributed by atoms with Crippen molar-refractivity contribution in [2.45, 2.75) is 19.9 Å². The number of nitrogens with zero attached hydrogens (tertiary/aromatic N) is 3. The number of carbonyl (C=O) groups excluding carboxylic acids is 1. The first kappa shape index (κ1) is 14.2. The van der Waals surface area contributed by atoms with Gasteiger partial charge in [-0.1, -0.05) is 6.07 Å². The first-order valence-electron chi connectivity index (χ1n) is 6.51. The predicted octanol–water partition coefficient (Wildman–Crippen LogP) is 1.72. The van der Waals surface area contributed by atoms with Gasteiger partial charge in [0.1, 0.15) is 0 Å². The molecule has 20 heavy (non-hydrogen) atoms. The van der Waals surface area contributed by atoms with Gasteiger partial charge in [0, 0.05) is 18.4 Å². The highest BCUT2D eigenvalue weighted by Gasteiger charge is 2.11. The molecular weight excluding hydrogens is 256 g/mol. The number of pyridine rings is 1. The van der Waals surface area contributed by atoms with Gasteiger partial charge in [-0.15, -0.1) is 0 Å². The van der Waals surface area contributed by atoms with Crippen molar-refractivity contribution in [3.05, 3.63) is 41.9 Å². The summed E-state index contributed by atoms with van der Waals surface area (Å²) in [5.41, 5.74) is 1.51. The van der Waals surface area contributed by atoms with Gasteiger partial charge < -0.3 is 10.1 Å². The zero-order chi connectivity index (χ0) is 14.5. The number of hydrogen-bond donors (Lipinski definition) is 1. The van der Waals surface area contributed by atoms with Crippen LogP contribution in [0.5, 0.6) is 0 Å². The maximum Gasteiger partial charge on any atom is 0.341 e. The molecule has 2 aromatic heterocycles. The van der Waals surface area contributed by atoms with E-state index in [4.69, 9.17) is 4.74 Å². The van der Waals surface area contributed by atoms with Gasteiger partial charge in [-0.3, -0.25) is 0 Å². The second kappa shape index (κ2) is 6.29. The van der Waals surface area contributed by atoms with Crippen molar-refractivity contribution in [2.75, 3.05) is 13.7 Å². The zero-order valence-electron chi connectivity index (χ0n) is 11.8. The minimum Gasteiger partial charge on any atom is -0.462 e. The first-order chi connectivity index (χ1) is 9.65. The molecule has 0 aromatic carbocycles. The number of hydrogen-bond acceptors (Lipinski definition) is 5. The quantitative estimate of drug-likeness (QED) is 0.841. The minimum absolute atomic E-state index is 0.240. The van der Waals surface area contributed by atoms with Crippen LogP contribution in [0.2, 0.25) is 0 Å². The normalized spacial score (nSPS) is 12.2. The van der Waals surface area contributed by atoms with Gasteiger partial charge in [0.2, 0.25) is 0 Å². The van der Waals surface area contributed by atoms with Gasteiger partial charge in [-0.05, 0) is 32.5 Å². The van der Waals surface area contributed by atoms with Crippen molar-refractivity contribution in [1.82, 2.24) is 20.1 Å². The second-order valence-electron chi connectivity index (χ2n) is 4.35. The molecule has 0 radical (unpaired) electrons. The molecule has 2 aromatic rings. The molecule has 106 valence electrons. The Morgan fingerprint density at radius 2 is 2.25 bits per heavy atom. The summed E-state index contributed by atoms with van der Waals surface area (Å²) in [7, 11) is 1.90. The van der Waals surface area contributed by atoms with Crippen LogP contribution >= 0.6 is 0 Å². The van der Waals surface area contributed by atoms with Crippen molar-refractivity contribution in [3.8, 4) is 5.82 Å². The maximum atomic E-state index is 11.6. The molecule has 0 aliphatic rings. The molecule has 1 N–H and O–H groups in total. The monoisotopic (exact) mass is 274 g/mol. The third-order valence-electron chi connectivity index (χ3n) is 3.03. The highest BCUT2D eigenvalue weighted by atomic mass is 16.5. The van der Waals surface area contributed by atoms with Crippen LogP contribution in [0.15, 0.2) is 30.7 Å². The molecule has 1 unspecified atom stereocenters. The van der Waals surface area contributed by atoms with Gasteiger partial charge >= 0.3 is 5.97 Å². The summed E-state index contributed by atoms with van der Waals surface area (Å²) >= 11 is 0. The summed E-state index contributed by atoms with van der Waals surface area (Å²) in [4.78, 5) is 15.9. The summed E-state index contributed by atoms with van der Waals surface area (Å²) < 4.78 is 6.48. The highest BCUT2D eigenvalue weighted by molar-refractivity contribution is 5.88. The number of rotatable bonds is 5. The average Bonchev–Trinajstić information content (AvgIpc) is 2.97. The zero-order valence-corrected chi connectivity index (χ0v) is 11.8. The van der Waals surface area contributed by atoms with Gasteiger partial charge in [0.25, 0.3) is 0 Å². The molecule has 0 bridgehead atoms. The minimum atomic E-state index is -0.376. The largest absolute Gasteiger partial charge is 0.462 e. The van der Waals surface area contributed by atoms with E-state index in [1.807, 2.05) is 19.2 Å². The van der Waals surface area contributed by atoms with Gasteiger partial charge in [0.05, 0.1) is 18.4 Å². The Morgan fingerprint density at radius 1 is 1.45 bits per heavy atom. The molecule has 0 amide bonds. The van der Waals surface area contributed by atoms with Gasteiger partial charge in [-0.25, -0.2) is 14.5 Å². The van der Waals surface area contributed by atoms with Crippen LogP contribution < -0.4 is 5.32 Å². The molecule has 1 atom stereocenters. The van der Waals surface area contributed by atoms with E-state index in [9.17, 15) is 4.79 Å². The van der Waals surface area contributed by atoms with E-state index in [-0.39, 0.29) is 12.0 Å². The molecule has 6 nitrogen and oxygen atoms in total. The fourth-order valence-corrected chi connectivity index (χ4v) is 1.72. The molecule has 0 aliphatic heterocycles. The smallest absolute Gasteiger partial charge is 0.341 e. The van der Waals surface area contributed by atoms with Crippen molar-refractivity contribution in [1.29, 1.82) is 0 Å². The molecule has 0 saturated heterocycles. The molecular formula is C14H18N4O2. The fourth-order valence-electron chi connectivity index (χ4n) is 1.72. The molecule has 6 heteroatoms.